The summed E-state index contributed by atoms with van der Waals surface area (Å²) in [6, 6.07) is 2.14. The molecule has 0 aliphatic heterocycles. The fourth-order valence-electron chi connectivity index (χ4n) is 1.93. The van der Waals surface area contributed by atoms with E-state index in [9.17, 15) is 5.11 Å². The van der Waals surface area contributed by atoms with Crippen LogP contribution in [-0.4, -0.2) is 39.0 Å². The molecule has 4 nitrogen and oxygen atoms in total. The van der Waals surface area contributed by atoms with Crippen LogP contribution in [0.25, 0.3) is 0 Å². The lowest BCUT2D eigenvalue weighted by molar-refractivity contribution is 0.0844. The number of aliphatic hydroxyl groups is 1. The van der Waals surface area contributed by atoms with Crippen molar-refractivity contribution < 1.29 is 5.11 Å². The monoisotopic (exact) mass is 271 g/mol. The molecule has 1 unspecified atom stereocenters. The van der Waals surface area contributed by atoms with Crippen molar-refractivity contribution in [3.8, 4) is 0 Å². The summed E-state index contributed by atoms with van der Waals surface area (Å²) in [7, 11) is 0. The van der Waals surface area contributed by atoms with Crippen molar-refractivity contribution in [2.75, 3.05) is 18.6 Å². The second-order valence-electron chi connectivity index (χ2n) is 4.83. The lowest BCUT2D eigenvalue weighted by Gasteiger charge is -2.22. The van der Waals surface area contributed by atoms with Gasteiger partial charge in [0.2, 0.25) is 0 Å². The highest BCUT2D eigenvalue weighted by Gasteiger charge is 2.19. The lowest BCUT2D eigenvalue weighted by atomic mass is 10.1. The number of nitrogens with one attached hydrogen (secondary N) is 1. The van der Waals surface area contributed by atoms with E-state index in [1.807, 2.05) is 17.9 Å². The Kier molecular flexibility index (Phi) is 6.18. The van der Waals surface area contributed by atoms with E-state index in [-0.39, 0.29) is 0 Å². The molecule has 0 radical (unpaired) electrons. The van der Waals surface area contributed by atoms with Crippen LogP contribution < -0.4 is 5.32 Å². The summed E-state index contributed by atoms with van der Waals surface area (Å²) in [5, 5.41) is 17.9. The molecule has 0 bridgehead atoms. The van der Waals surface area contributed by atoms with Crippen molar-refractivity contribution in [2.24, 2.45) is 0 Å². The van der Waals surface area contributed by atoms with Crippen LogP contribution in [0.4, 0.5) is 0 Å². The Morgan fingerprint density at radius 3 is 2.78 bits per heavy atom. The summed E-state index contributed by atoms with van der Waals surface area (Å²) in [4.78, 5) is 0. The summed E-state index contributed by atoms with van der Waals surface area (Å²) >= 11 is 1.66. The van der Waals surface area contributed by atoms with E-state index in [0.717, 1.165) is 31.0 Å². The van der Waals surface area contributed by atoms with Crippen molar-refractivity contribution in [2.45, 2.75) is 45.9 Å². The maximum Gasteiger partial charge on any atom is 0.0833 e. The minimum atomic E-state index is -0.649. The van der Waals surface area contributed by atoms with E-state index in [4.69, 9.17) is 0 Å². The third-order valence-corrected chi connectivity index (χ3v) is 3.75. The van der Waals surface area contributed by atoms with E-state index >= 15 is 0 Å². The fourth-order valence-corrected chi connectivity index (χ4v) is 2.65. The van der Waals surface area contributed by atoms with Crippen LogP contribution in [-0.2, 0) is 19.5 Å². The van der Waals surface area contributed by atoms with E-state index in [2.05, 4.69) is 30.3 Å². The summed E-state index contributed by atoms with van der Waals surface area (Å²) in [5.41, 5.74) is 1.67. The largest absolute Gasteiger partial charge is 0.388 e. The highest BCUT2D eigenvalue weighted by atomic mass is 32.2. The quantitative estimate of drug-likeness (QED) is 0.755. The van der Waals surface area contributed by atoms with Gasteiger partial charge in [0.05, 0.1) is 17.0 Å². The standard InChI is InChI=1S/C13H25N3OS/c1-5-11-7-12(16(6-2)15-11)8-14-9-13(3,17)10-18-4/h7,14,17H,5-6,8-10H2,1-4H3. The van der Waals surface area contributed by atoms with Gasteiger partial charge in [0.1, 0.15) is 0 Å². The third-order valence-electron chi connectivity index (χ3n) is 2.84. The Morgan fingerprint density at radius 1 is 1.50 bits per heavy atom. The van der Waals surface area contributed by atoms with Crippen LogP contribution in [0.15, 0.2) is 6.07 Å². The van der Waals surface area contributed by atoms with Crippen LogP contribution in [0.1, 0.15) is 32.2 Å². The second-order valence-corrected chi connectivity index (χ2v) is 5.70. The molecule has 0 aliphatic rings. The van der Waals surface area contributed by atoms with E-state index in [0.29, 0.717) is 6.54 Å². The molecule has 5 heteroatoms. The number of nitrogens with zero attached hydrogens (tertiary/aromatic N) is 2. The molecule has 0 aromatic carbocycles. The molecular weight excluding hydrogens is 246 g/mol. The van der Waals surface area contributed by atoms with Gasteiger partial charge in [-0.15, -0.1) is 0 Å². The first kappa shape index (κ1) is 15.5. The number of aromatic nitrogens is 2. The molecule has 104 valence electrons. The maximum absolute atomic E-state index is 10.1. The summed E-state index contributed by atoms with van der Waals surface area (Å²) < 4.78 is 2.02. The number of rotatable bonds is 8. The van der Waals surface area contributed by atoms with Gasteiger partial charge < -0.3 is 10.4 Å². The van der Waals surface area contributed by atoms with Crippen molar-refractivity contribution in [1.29, 1.82) is 0 Å². The molecule has 0 fully saturated rings. The zero-order valence-corrected chi connectivity index (χ0v) is 12.7. The van der Waals surface area contributed by atoms with Gasteiger partial charge >= 0.3 is 0 Å². The molecule has 0 aliphatic carbocycles. The third kappa shape index (κ3) is 4.63. The smallest absolute Gasteiger partial charge is 0.0833 e. The molecule has 1 aromatic rings. The first-order valence-electron chi connectivity index (χ1n) is 6.50. The Morgan fingerprint density at radius 2 is 2.22 bits per heavy atom. The average molecular weight is 271 g/mol. The van der Waals surface area contributed by atoms with Crippen LogP contribution in [0.2, 0.25) is 0 Å². The average Bonchev–Trinajstić information content (AvgIpc) is 2.71. The predicted molar refractivity (Wildman–Crippen MR) is 78.0 cm³/mol. The Bertz CT molecular complexity index is 363. The molecule has 2 N–H and O–H groups in total. The van der Waals surface area contributed by atoms with Gasteiger partial charge in [-0.2, -0.15) is 16.9 Å². The fraction of sp³-hybridized carbons (Fsp3) is 0.769. The molecule has 1 heterocycles. The van der Waals surface area contributed by atoms with Crippen LogP contribution >= 0.6 is 11.8 Å². The van der Waals surface area contributed by atoms with E-state index in [1.54, 1.807) is 11.8 Å². The highest BCUT2D eigenvalue weighted by molar-refractivity contribution is 7.98. The zero-order chi connectivity index (χ0) is 13.6. The first-order chi connectivity index (χ1) is 8.52. The summed E-state index contributed by atoms with van der Waals surface area (Å²) in [6.45, 7) is 8.32. The Hall–Kier alpha value is -0.520. The Labute approximate surface area is 114 Å². The van der Waals surface area contributed by atoms with Crippen molar-refractivity contribution in [3.05, 3.63) is 17.5 Å². The number of hydrogen-bond acceptors (Lipinski definition) is 4. The molecule has 1 aromatic heterocycles. The Balaban J connectivity index is 2.50. The SMILES string of the molecule is CCc1cc(CNCC(C)(O)CSC)n(CC)n1. The van der Waals surface area contributed by atoms with Crippen LogP contribution in [0.5, 0.6) is 0 Å². The molecule has 0 saturated carbocycles. The van der Waals surface area contributed by atoms with Crippen molar-refractivity contribution >= 4 is 11.8 Å². The van der Waals surface area contributed by atoms with Gasteiger partial charge in [-0.05, 0) is 32.6 Å². The number of aryl methyl sites for hydroxylation is 2. The molecule has 18 heavy (non-hydrogen) atoms. The van der Waals surface area contributed by atoms with Gasteiger partial charge in [0.25, 0.3) is 0 Å². The first-order valence-corrected chi connectivity index (χ1v) is 7.89. The zero-order valence-electron chi connectivity index (χ0n) is 11.9. The molecule has 0 spiro atoms. The van der Waals surface area contributed by atoms with E-state index < -0.39 is 5.60 Å². The van der Waals surface area contributed by atoms with Gasteiger partial charge in [-0.25, -0.2) is 0 Å². The highest BCUT2D eigenvalue weighted by Crippen LogP contribution is 2.10. The van der Waals surface area contributed by atoms with Gasteiger partial charge in [-0.3, -0.25) is 4.68 Å². The van der Waals surface area contributed by atoms with Gasteiger partial charge in [0, 0.05) is 25.4 Å². The second kappa shape index (κ2) is 7.16. The summed E-state index contributed by atoms with van der Waals surface area (Å²) in [6.07, 6.45) is 2.97. The normalized spacial score (nSPS) is 14.7. The van der Waals surface area contributed by atoms with Crippen LogP contribution in [0, 0.1) is 0 Å². The predicted octanol–water partition coefficient (Wildman–Crippen LogP) is 1.67. The van der Waals surface area contributed by atoms with Gasteiger partial charge in [-0.1, -0.05) is 6.92 Å². The van der Waals surface area contributed by atoms with Crippen molar-refractivity contribution in [3.63, 3.8) is 0 Å². The topological polar surface area (TPSA) is 50.1 Å². The summed E-state index contributed by atoms with van der Waals surface area (Å²) in [5.74, 6) is 0.743. The number of hydrogen-bond donors (Lipinski definition) is 2. The molecule has 1 atom stereocenters. The molecule has 0 saturated heterocycles. The molecule has 0 amide bonds. The van der Waals surface area contributed by atoms with Gasteiger partial charge in [0.15, 0.2) is 0 Å². The lowest BCUT2D eigenvalue weighted by Crippen LogP contribution is -2.39. The maximum atomic E-state index is 10.1. The van der Waals surface area contributed by atoms with Crippen LogP contribution in [0.3, 0.4) is 0 Å². The minimum Gasteiger partial charge on any atom is -0.388 e. The molecular formula is C13H25N3OS. The minimum absolute atomic E-state index is 0.601. The molecule has 1 rings (SSSR count). The van der Waals surface area contributed by atoms with Crippen molar-refractivity contribution in [1.82, 2.24) is 15.1 Å². The number of thioether (sulfide) groups is 1. The van der Waals surface area contributed by atoms with E-state index in [1.165, 1.54) is 5.69 Å².